The Kier molecular flexibility index (Phi) is 14.1. The van der Waals surface area contributed by atoms with Crippen LogP contribution in [0, 0.1) is 11.8 Å². The third-order valence-corrected chi connectivity index (χ3v) is 25.5. The highest BCUT2D eigenvalue weighted by molar-refractivity contribution is 7.96. The predicted octanol–water partition coefficient (Wildman–Crippen LogP) is 8.69. The van der Waals surface area contributed by atoms with E-state index in [1.54, 1.807) is 11.8 Å². The lowest BCUT2D eigenvalue weighted by molar-refractivity contribution is -0.162. The highest BCUT2D eigenvalue weighted by Crippen LogP contribution is 2.51. The van der Waals surface area contributed by atoms with Crippen molar-refractivity contribution in [3.8, 4) is 0 Å². The van der Waals surface area contributed by atoms with E-state index in [1.165, 1.54) is 6.08 Å². The lowest BCUT2D eigenvalue weighted by Crippen LogP contribution is -2.72. The second-order valence-corrected chi connectivity index (χ2v) is 30.7. The third kappa shape index (κ3) is 9.13. The number of ketones is 1. The Morgan fingerprint density at radius 2 is 1.24 bits per heavy atom. The molecular weight excluding hydrogens is 738 g/mol. The molecule has 1 aliphatic heterocycles. The van der Waals surface area contributed by atoms with E-state index < -0.39 is 53.5 Å². The largest absolute Gasteiger partial charge is 0.457 e. The maximum absolute atomic E-state index is 15.3. The zero-order valence-electron chi connectivity index (χ0n) is 35.2. The van der Waals surface area contributed by atoms with E-state index in [0.717, 1.165) is 15.9 Å². The number of carbonyl (C=O) groups excluding carboxylic acids is 3. The van der Waals surface area contributed by atoms with Crippen LogP contribution in [0.4, 0.5) is 0 Å². The Labute approximate surface area is 333 Å². The number of Topliss-reactive ketones (excluding diaryl/α,β-unsaturated/α-hetero) is 1. The molecule has 298 valence electrons. The summed E-state index contributed by atoms with van der Waals surface area (Å²) in [7, 11) is -4.53. The van der Waals surface area contributed by atoms with Crippen LogP contribution >= 0.6 is 6.89 Å². The molecule has 1 heterocycles. The van der Waals surface area contributed by atoms with Crippen LogP contribution in [0.5, 0.6) is 0 Å². The molecule has 1 saturated heterocycles. The molecule has 0 aliphatic carbocycles. The number of ether oxygens (including phenoxy) is 1. The summed E-state index contributed by atoms with van der Waals surface area (Å²) in [6, 6.07) is 29.1. The van der Waals surface area contributed by atoms with Gasteiger partial charge < -0.3 is 18.5 Å². The van der Waals surface area contributed by atoms with Crippen molar-refractivity contribution in [2.75, 3.05) is 13.2 Å². The van der Waals surface area contributed by atoms with Crippen molar-refractivity contribution >= 4 is 62.5 Å². The molecule has 0 aromatic heterocycles. The molecule has 4 atom stereocenters. The van der Waals surface area contributed by atoms with Crippen molar-refractivity contribution in [3.63, 3.8) is 0 Å². The Bertz CT molecular complexity index is 1760. The SMILES string of the molecule is C=CCOC(=O)C(N1C(=O)[C@H]([C@@H](C)O[Si](C)(C)C(C)(C)C)[C@H]1[C@H](CCO[Si](C)(C)C(C)(C)C)C(C)=O)=P(c1ccccc1)(c1ccccc1)c1ccccc1. The van der Waals surface area contributed by atoms with Crippen LogP contribution in [0.25, 0.3) is 0 Å². The maximum atomic E-state index is 15.3. The lowest BCUT2D eigenvalue weighted by atomic mass is 9.73. The molecule has 3 aromatic carbocycles. The summed E-state index contributed by atoms with van der Waals surface area (Å²) < 4.78 is 19.6. The molecule has 1 fully saturated rings. The quantitative estimate of drug-likeness (QED) is 0.0474. The highest BCUT2D eigenvalue weighted by Gasteiger charge is 2.60. The minimum absolute atomic E-state index is 0.0216. The average Bonchev–Trinajstić information content (AvgIpc) is 3.11. The van der Waals surface area contributed by atoms with Crippen LogP contribution in [0.1, 0.15) is 61.8 Å². The Morgan fingerprint density at radius 1 is 0.800 bits per heavy atom. The number of hydrogen-bond acceptors (Lipinski definition) is 6. The van der Waals surface area contributed by atoms with Gasteiger partial charge in [0.1, 0.15) is 17.8 Å². The molecule has 0 unspecified atom stereocenters. The van der Waals surface area contributed by atoms with Crippen LogP contribution in [0.15, 0.2) is 104 Å². The number of benzene rings is 3. The van der Waals surface area contributed by atoms with Gasteiger partial charge in [0, 0.05) is 19.4 Å². The maximum Gasteiger partial charge on any atom is 0.356 e. The van der Waals surface area contributed by atoms with Crippen molar-refractivity contribution in [2.24, 2.45) is 11.8 Å². The number of hydrogen-bond donors (Lipinski definition) is 0. The van der Waals surface area contributed by atoms with Gasteiger partial charge in [-0.3, -0.25) is 9.59 Å². The zero-order chi connectivity index (χ0) is 41.0. The molecule has 0 bridgehead atoms. The van der Waals surface area contributed by atoms with Crippen LogP contribution in [-0.4, -0.2) is 70.0 Å². The number of carbonyl (C=O) groups is 3. The van der Waals surface area contributed by atoms with Gasteiger partial charge in [0.15, 0.2) is 16.6 Å². The normalized spacial score (nSPS) is 17.9. The van der Waals surface area contributed by atoms with E-state index in [-0.39, 0.29) is 33.8 Å². The fourth-order valence-electron chi connectivity index (χ4n) is 7.04. The van der Waals surface area contributed by atoms with Gasteiger partial charge in [-0.2, -0.15) is 0 Å². The Hall–Kier alpha value is -3.34. The standard InChI is InChI=1S/C45H64NO6PSi2/c1-14-31-50-43(49)42(53(35-24-18-15-19-25-35,36-26-20-16-21-27-36)37-28-22-17-23-29-37)46-40(38(33(2)47)30-32-51-54(10,11)44(4,5)6)39(41(46)48)34(3)52-55(12,13)45(7,8)9/h14-29,34,38-40H,1,30-32H2,2-13H3/t34-,38-,39-,40-/m1/s1. The Morgan fingerprint density at radius 3 is 1.62 bits per heavy atom. The molecule has 55 heavy (non-hydrogen) atoms. The summed E-state index contributed by atoms with van der Waals surface area (Å²) in [6.07, 6.45) is 1.41. The predicted molar refractivity (Wildman–Crippen MR) is 235 cm³/mol. The van der Waals surface area contributed by atoms with Gasteiger partial charge >= 0.3 is 5.97 Å². The fourth-order valence-corrected chi connectivity index (χ4v) is 13.9. The van der Waals surface area contributed by atoms with Gasteiger partial charge in [-0.05, 0) is 72.4 Å². The van der Waals surface area contributed by atoms with Crippen molar-refractivity contribution in [3.05, 3.63) is 104 Å². The van der Waals surface area contributed by atoms with Gasteiger partial charge in [0.05, 0.1) is 18.1 Å². The first-order valence-electron chi connectivity index (χ1n) is 19.5. The Balaban J connectivity index is 2.12. The number of amides is 1. The topological polar surface area (TPSA) is 82.1 Å². The van der Waals surface area contributed by atoms with Gasteiger partial charge in [0.25, 0.3) is 0 Å². The molecule has 3 aromatic rings. The summed E-state index contributed by atoms with van der Waals surface area (Å²) in [6.45, 7) is 26.4. The molecule has 0 spiro atoms. The van der Waals surface area contributed by atoms with Gasteiger partial charge in [0.2, 0.25) is 5.91 Å². The summed E-state index contributed by atoms with van der Waals surface area (Å²) in [4.78, 5) is 46.1. The average molecular weight is 802 g/mol. The first kappa shape index (κ1) is 44.4. The van der Waals surface area contributed by atoms with E-state index in [4.69, 9.17) is 13.6 Å². The van der Waals surface area contributed by atoms with Crippen molar-refractivity contribution < 1.29 is 28.0 Å². The second-order valence-electron chi connectivity index (χ2n) is 17.8. The smallest absolute Gasteiger partial charge is 0.356 e. The summed E-state index contributed by atoms with van der Waals surface area (Å²) in [5.74, 6) is -2.23. The van der Waals surface area contributed by atoms with Crippen molar-refractivity contribution in [1.82, 2.24) is 4.90 Å². The number of β-lactam (4-membered cyclic amide) rings is 1. The molecular formula is C45H64NO6PSi2. The van der Waals surface area contributed by atoms with Gasteiger partial charge in [-0.15, -0.1) is 0 Å². The monoisotopic (exact) mass is 801 g/mol. The number of nitrogens with zero attached hydrogens (tertiary/aromatic N) is 1. The lowest BCUT2D eigenvalue weighted by Gasteiger charge is -2.55. The van der Waals surface area contributed by atoms with E-state index in [1.807, 2.05) is 97.9 Å². The molecule has 0 saturated carbocycles. The van der Waals surface area contributed by atoms with Crippen LogP contribution in [0.2, 0.25) is 36.3 Å². The zero-order valence-corrected chi connectivity index (χ0v) is 38.1. The highest BCUT2D eigenvalue weighted by atomic mass is 31.2. The third-order valence-electron chi connectivity index (χ3n) is 12.1. The first-order valence-corrected chi connectivity index (χ1v) is 27.1. The van der Waals surface area contributed by atoms with E-state index in [9.17, 15) is 4.79 Å². The van der Waals surface area contributed by atoms with Crippen molar-refractivity contribution in [2.45, 2.75) is 110 Å². The first-order chi connectivity index (χ1) is 25.6. The van der Waals surface area contributed by atoms with E-state index in [0.29, 0.717) is 13.0 Å². The van der Waals surface area contributed by atoms with Crippen LogP contribution in [0.3, 0.4) is 0 Å². The molecule has 1 aliphatic rings. The minimum atomic E-state index is -3.18. The van der Waals surface area contributed by atoms with E-state index >= 15 is 9.59 Å². The van der Waals surface area contributed by atoms with Crippen molar-refractivity contribution in [1.29, 1.82) is 0 Å². The molecule has 1 amide bonds. The summed E-state index contributed by atoms with van der Waals surface area (Å²) >= 11 is 0. The molecule has 10 heteroatoms. The molecule has 0 N–H and O–H groups in total. The van der Waals surface area contributed by atoms with Crippen LogP contribution < -0.4 is 15.9 Å². The fraction of sp³-hybridized carbons (Fsp3) is 0.467. The summed E-state index contributed by atoms with van der Waals surface area (Å²) in [5, 5.41) is 2.53. The minimum Gasteiger partial charge on any atom is -0.457 e. The number of esters is 1. The van der Waals surface area contributed by atoms with Crippen LogP contribution in [-0.2, 0) is 28.0 Å². The van der Waals surface area contributed by atoms with Gasteiger partial charge in [-0.25, -0.2) is 4.79 Å². The molecule has 7 nitrogen and oxygen atoms in total. The summed E-state index contributed by atoms with van der Waals surface area (Å²) in [5.41, 5.74) is 0.250. The second kappa shape index (κ2) is 17.4. The number of likely N-dealkylation sites (tertiary alicyclic amines) is 1. The molecule has 0 radical (unpaired) electrons. The van der Waals surface area contributed by atoms with E-state index in [2.05, 4.69) is 74.3 Å². The number of rotatable bonds is 16. The molecule has 4 rings (SSSR count). The van der Waals surface area contributed by atoms with Gasteiger partial charge in [-0.1, -0.05) is 145 Å².